The standard InChI is InChI=1S/C13H28O2/c1-12(2,3)8-7-9-14-10-11-15-13(4,5)6/h7-11H2,1-6H3. The van der Waals surface area contributed by atoms with Gasteiger partial charge in [0.15, 0.2) is 0 Å². The molecule has 0 aliphatic carbocycles. The zero-order chi connectivity index (χ0) is 11.9. The highest BCUT2D eigenvalue weighted by molar-refractivity contribution is 4.60. The van der Waals surface area contributed by atoms with Crippen LogP contribution < -0.4 is 0 Å². The van der Waals surface area contributed by atoms with Gasteiger partial charge in [0.2, 0.25) is 0 Å². The van der Waals surface area contributed by atoms with E-state index in [-0.39, 0.29) is 5.60 Å². The molecule has 0 rings (SSSR count). The van der Waals surface area contributed by atoms with Crippen LogP contribution in [0, 0.1) is 5.41 Å². The van der Waals surface area contributed by atoms with Crippen LogP contribution in [0.4, 0.5) is 0 Å². The Labute approximate surface area is 95.3 Å². The average Bonchev–Trinajstić information content (AvgIpc) is 1.98. The monoisotopic (exact) mass is 216 g/mol. The molecule has 0 heterocycles. The molecule has 0 fully saturated rings. The molecule has 0 unspecified atom stereocenters. The SMILES string of the molecule is CC(C)(C)CCCOCCOC(C)(C)C. The summed E-state index contributed by atoms with van der Waals surface area (Å²) in [6, 6.07) is 0. The van der Waals surface area contributed by atoms with Gasteiger partial charge >= 0.3 is 0 Å². The van der Waals surface area contributed by atoms with Crippen LogP contribution in [0.3, 0.4) is 0 Å². The third-order valence-electron chi connectivity index (χ3n) is 1.98. The fraction of sp³-hybridized carbons (Fsp3) is 1.00. The van der Waals surface area contributed by atoms with E-state index < -0.39 is 0 Å². The zero-order valence-corrected chi connectivity index (χ0v) is 11.4. The molecule has 0 saturated carbocycles. The van der Waals surface area contributed by atoms with E-state index in [4.69, 9.17) is 9.47 Å². The molecule has 2 heteroatoms. The highest BCUT2D eigenvalue weighted by Gasteiger charge is 2.10. The molecule has 0 aromatic heterocycles. The van der Waals surface area contributed by atoms with E-state index in [1.807, 2.05) is 0 Å². The summed E-state index contributed by atoms with van der Waals surface area (Å²) in [5.41, 5.74) is 0.375. The number of rotatable bonds is 6. The molecule has 0 N–H and O–H groups in total. The van der Waals surface area contributed by atoms with Crippen molar-refractivity contribution in [3.63, 3.8) is 0 Å². The van der Waals surface area contributed by atoms with Crippen LogP contribution >= 0.6 is 0 Å². The van der Waals surface area contributed by atoms with Gasteiger partial charge in [-0.25, -0.2) is 0 Å². The first-order valence-corrected chi connectivity index (χ1v) is 5.92. The van der Waals surface area contributed by atoms with Crippen molar-refractivity contribution in [1.82, 2.24) is 0 Å². The molecule has 0 amide bonds. The van der Waals surface area contributed by atoms with E-state index in [0.717, 1.165) is 13.0 Å². The average molecular weight is 216 g/mol. The molecular formula is C13H28O2. The maximum Gasteiger partial charge on any atom is 0.0707 e. The normalized spacial score (nSPS) is 13.2. The van der Waals surface area contributed by atoms with Crippen LogP contribution in [-0.4, -0.2) is 25.4 Å². The van der Waals surface area contributed by atoms with E-state index in [9.17, 15) is 0 Å². The quantitative estimate of drug-likeness (QED) is 0.631. The van der Waals surface area contributed by atoms with E-state index in [0.29, 0.717) is 18.6 Å². The second-order valence-corrected chi connectivity index (χ2v) is 6.24. The van der Waals surface area contributed by atoms with Gasteiger partial charge in [0.1, 0.15) is 0 Å². The van der Waals surface area contributed by atoms with E-state index in [1.54, 1.807) is 0 Å². The van der Waals surface area contributed by atoms with Crippen LogP contribution in [0.1, 0.15) is 54.4 Å². The Morgan fingerprint density at radius 2 is 1.40 bits per heavy atom. The lowest BCUT2D eigenvalue weighted by Gasteiger charge is -2.20. The largest absolute Gasteiger partial charge is 0.379 e. The molecule has 92 valence electrons. The van der Waals surface area contributed by atoms with E-state index >= 15 is 0 Å². The Balaban J connectivity index is 3.20. The summed E-state index contributed by atoms with van der Waals surface area (Å²) >= 11 is 0. The number of hydrogen-bond acceptors (Lipinski definition) is 2. The van der Waals surface area contributed by atoms with Crippen molar-refractivity contribution in [3.8, 4) is 0 Å². The van der Waals surface area contributed by atoms with Gasteiger partial charge in [0, 0.05) is 6.61 Å². The van der Waals surface area contributed by atoms with Crippen molar-refractivity contribution in [1.29, 1.82) is 0 Å². The van der Waals surface area contributed by atoms with Gasteiger partial charge in [-0.05, 0) is 39.0 Å². The summed E-state index contributed by atoms with van der Waals surface area (Å²) < 4.78 is 11.1. The summed E-state index contributed by atoms with van der Waals surface area (Å²) in [6.07, 6.45) is 2.35. The molecule has 0 aromatic rings. The van der Waals surface area contributed by atoms with Crippen LogP contribution in [0.2, 0.25) is 0 Å². The van der Waals surface area contributed by atoms with Crippen LogP contribution in [0.15, 0.2) is 0 Å². The maximum absolute atomic E-state index is 5.55. The van der Waals surface area contributed by atoms with Gasteiger partial charge in [-0.3, -0.25) is 0 Å². The summed E-state index contributed by atoms with van der Waals surface area (Å²) in [4.78, 5) is 0. The van der Waals surface area contributed by atoms with Crippen LogP contribution in [0.5, 0.6) is 0 Å². The lowest BCUT2D eigenvalue weighted by Crippen LogP contribution is -2.22. The molecule has 2 nitrogen and oxygen atoms in total. The van der Waals surface area contributed by atoms with Gasteiger partial charge in [0.25, 0.3) is 0 Å². The fourth-order valence-corrected chi connectivity index (χ4v) is 1.21. The Kier molecular flexibility index (Phi) is 6.46. The smallest absolute Gasteiger partial charge is 0.0707 e. The predicted octanol–water partition coefficient (Wildman–Crippen LogP) is 3.64. The molecule has 0 aliphatic heterocycles. The van der Waals surface area contributed by atoms with Crippen LogP contribution in [0.25, 0.3) is 0 Å². The summed E-state index contributed by atoms with van der Waals surface area (Å²) in [5, 5.41) is 0. The maximum atomic E-state index is 5.55. The van der Waals surface area contributed by atoms with Crippen molar-refractivity contribution in [2.75, 3.05) is 19.8 Å². The van der Waals surface area contributed by atoms with Crippen molar-refractivity contribution < 1.29 is 9.47 Å². The number of hydrogen-bond donors (Lipinski definition) is 0. The minimum atomic E-state index is -0.0469. The Morgan fingerprint density at radius 3 is 1.87 bits per heavy atom. The molecule has 0 bridgehead atoms. The third kappa shape index (κ3) is 13.9. The van der Waals surface area contributed by atoms with Gasteiger partial charge in [-0.1, -0.05) is 20.8 Å². The first-order valence-electron chi connectivity index (χ1n) is 5.92. The summed E-state index contributed by atoms with van der Waals surface area (Å²) in [6.45, 7) is 15.2. The fourth-order valence-electron chi connectivity index (χ4n) is 1.21. The van der Waals surface area contributed by atoms with Gasteiger partial charge in [-0.15, -0.1) is 0 Å². The molecule has 0 radical (unpaired) electrons. The van der Waals surface area contributed by atoms with Crippen molar-refractivity contribution in [3.05, 3.63) is 0 Å². The molecule has 15 heavy (non-hydrogen) atoms. The first-order chi connectivity index (χ1) is 6.71. The second-order valence-electron chi connectivity index (χ2n) is 6.24. The summed E-state index contributed by atoms with van der Waals surface area (Å²) in [7, 11) is 0. The third-order valence-corrected chi connectivity index (χ3v) is 1.98. The Morgan fingerprint density at radius 1 is 0.800 bits per heavy atom. The highest BCUT2D eigenvalue weighted by atomic mass is 16.5. The predicted molar refractivity (Wildman–Crippen MR) is 65.2 cm³/mol. The number of ether oxygens (including phenoxy) is 2. The molecular weight excluding hydrogens is 188 g/mol. The summed E-state index contributed by atoms with van der Waals surface area (Å²) in [5.74, 6) is 0. The van der Waals surface area contributed by atoms with Crippen molar-refractivity contribution in [2.45, 2.75) is 60.0 Å². The molecule has 0 saturated heterocycles. The molecule has 0 aromatic carbocycles. The van der Waals surface area contributed by atoms with Crippen molar-refractivity contribution in [2.24, 2.45) is 5.41 Å². The van der Waals surface area contributed by atoms with E-state index in [1.165, 1.54) is 6.42 Å². The first kappa shape index (κ1) is 14.9. The minimum Gasteiger partial charge on any atom is -0.379 e. The molecule has 0 aliphatic rings. The Hall–Kier alpha value is -0.0800. The molecule has 0 spiro atoms. The zero-order valence-electron chi connectivity index (χ0n) is 11.4. The highest BCUT2D eigenvalue weighted by Crippen LogP contribution is 2.20. The Bertz CT molecular complexity index is 133. The van der Waals surface area contributed by atoms with Crippen LogP contribution in [-0.2, 0) is 9.47 Å². The van der Waals surface area contributed by atoms with Gasteiger partial charge < -0.3 is 9.47 Å². The van der Waals surface area contributed by atoms with E-state index in [2.05, 4.69) is 41.5 Å². The second kappa shape index (κ2) is 6.49. The molecule has 0 atom stereocenters. The minimum absolute atomic E-state index is 0.0469. The lowest BCUT2D eigenvalue weighted by atomic mass is 9.91. The van der Waals surface area contributed by atoms with Gasteiger partial charge in [0.05, 0.1) is 18.8 Å². The topological polar surface area (TPSA) is 18.5 Å². The van der Waals surface area contributed by atoms with Crippen molar-refractivity contribution >= 4 is 0 Å². The van der Waals surface area contributed by atoms with Gasteiger partial charge in [-0.2, -0.15) is 0 Å². The lowest BCUT2D eigenvalue weighted by molar-refractivity contribution is -0.0356.